The molecule has 4 rings (SSSR count). The number of rotatable bonds is 8. The van der Waals surface area contributed by atoms with Crippen molar-refractivity contribution in [3.63, 3.8) is 0 Å². The van der Waals surface area contributed by atoms with Gasteiger partial charge in [-0.3, -0.25) is 9.69 Å². The zero-order chi connectivity index (χ0) is 21.6. The monoisotopic (exact) mass is 441 g/mol. The Hall–Kier alpha value is -2.91. The number of carbonyl (C=O) groups excluding carboxylic acids is 1. The Balaban J connectivity index is 1.31. The largest absolute Gasteiger partial charge is 0.508 e. The summed E-state index contributed by atoms with van der Waals surface area (Å²) in [5.41, 5.74) is 1.09. The number of hydrogen-bond acceptors (Lipinski definition) is 8. The summed E-state index contributed by atoms with van der Waals surface area (Å²) in [6, 6.07) is 11.1. The molecule has 1 aromatic carbocycles. The van der Waals surface area contributed by atoms with E-state index in [-0.39, 0.29) is 11.7 Å². The number of hydrogen-bond donors (Lipinski definition) is 1. The molecule has 1 aliphatic rings. The highest BCUT2D eigenvalue weighted by atomic mass is 32.1. The van der Waals surface area contributed by atoms with Gasteiger partial charge in [-0.1, -0.05) is 13.0 Å². The fourth-order valence-electron chi connectivity index (χ4n) is 3.66. The number of nitrogens with zero attached hydrogens (tertiary/aromatic N) is 5. The number of aromatic nitrogens is 2. The van der Waals surface area contributed by atoms with Gasteiger partial charge in [0.1, 0.15) is 5.75 Å². The molecule has 0 bridgehead atoms. The quantitative estimate of drug-likeness (QED) is 0.575. The average molecular weight is 442 g/mol. The summed E-state index contributed by atoms with van der Waals surface area (Å²) < 4.78 is 5.77. The standard InChI is InChI=1S/C22H27N5O3S/c1-2-9-27(15-20-23-24-22(30-20)19-4-3-14-31-19)21(29)16-25-10-12-26(13-11-25)17-5-7-18(28)8-6-17/h3-8,14,28H,2,9-13,15-16H2,1H3. The molecule has 0 unspecified atom stereocenters. The van der Waals surface area contributed by atoms with Crippen LogP contribution in [-0.2, 0) is 11.3 Å². The van der Waals surface area contributed by atoms with Crippen molar-refractivity contribution >= 4 is 22.9 Å². The number of aromatic hydroxyl groups is 1. The fraction of sp³-hybridized carbons (Fsp3) is 0.409. The van der Waals surface area contributed by atoms with Gasteiger partial charge in [-0.05, 0) is 42.1 Å². The first-order chi connectivity index (χ1) is 15.1. The molecule has 0 atom stereocenters. The second-order valence-electron chi connectivity index (χ2n) is 7.57. The van der Waals surface area contributed by atoms with E-state index in [4.69, 9.17) is 4.42 Å². The maximum atomic E-state index is 13.0. The number of thiophene rings is 1. The second kappa shape index (κ2) is 9.93. The molecular weight excluding hydrogens is 414 g/mol. The van der Waals surface area contributed by atoms with Crippen molar-refractivity contribution in [1.29, 1.82) is 0 Å². The minimum absolute atomic E-state index is 0.0795. The Morgan fingerprint density at radius 2 is 1.94 bits per heavy atom. The summed E-state index contributed by atoms with van der Waals surface area (Å²) >= 11 is 1.55. The van der Waals surface area contributed by atoms with Gasteiger partial charge in [-0.15, -0.1) is 21.5 Å². The van der Waals surface area contributed by atoms with Crippen LogP contribution in [0.2, 0.25) is 0 Å². The van der Waals surface area contributed by atoms with E-state index in [0.717, 1.165) is 43.2 Å². The zero-order valence-electron chi connectivity index (χ0n) is 17.6. The van der Waals surface area contributed by atoms with Crippen LogP contribution in [0.3, 0.4) is 0 Å². The molecule has 1 saturated heterocycles. The van der Waals surface area contributed by atoms with Crippen LogP contribution in [0.1, 0.15) is 19.2 Å². The highest BCUT2D eigenvalue weighted by Gasteiger charge is 2.23. The SMILES string of the molecule is CCCN(Cc1nnc(-c2cccs2)o1)C(=O)CN1CCN(c2ccc(O)cc2)CC1. The van der Waals surface area contributed by atoms with Gasteiger partial charge in [-0.25, -0.2) is 0 Å². The van der Waals surface area contributed by atoms with Crippen LogP contribution in [0.15, 0.2) is 46.2 Å². The lowest BCUT2D eigenvalue weighted by molar-refractivity contribution is -0.133. The van der Waals surface area contributed by atoms with Gasteiger partial charge in [0.2, 0.25) is 11.8 Å². The lowest BCUT2D eigenvalue weighted by Crippen LogP contribution is -2.50. The smallest absolute Gasteiger partial charge is 0.257 e. The third-order valence-electron chi connectivity index (χ3n) is 5.32. The third-order valence-corrected chi connectivity index (χ3v) is 6.18. The molecule has 9 heteroatoms. The van der Waals surface area contributed by atoms with E-state index in [1.807, 2.05) is 29.6 Å². The van der Waals surface area contributed by atoms with Crippen molar-refractivity contribution in [2.45, 2.75) is 19.9 Å². The molecule has 0 saturated carbocycles. The molecule has 164 valence electrons. The number of piperazine rings is 1. The van der Waals surface area contributed by atoms with E-state index >= 15 is 0 Å². The first-order valence-electron chi connectivity index (χ1n) is 10.5. The van der Waals surface area contributed by atoms with Crippen molar-refractivity contribution in [1.82, 2.24) is 20.0 Å². The van der Waals surface area contributed by atoms with E-state index in [1.54, 1.807) is 28.4 Å². The number of carbonyl (C=O) groups is 1. The first-order valence-corrected chi connectivity index (χ1v) is 11.4. The van der Waals surface area contributed by atoms with Gasteiger partial charge in [0, 0.05) is 38.4 Å². The minimum atomic E-state index is 0.0795. The van der Waals surface area contributed by atoms with E-state index in [9.17, 15) is 9.90 Å². The average Bonchev–Trinajstić information content (AvgIpc) is 3.47. The number of anilines is 1. The van der Waals surface area contributed by atoms with Crippen LogP contribution < -0.4 is 4.90 Å². The van der Waals surface area contributed by atoms with Crippen LogP contribution in [0.5, 0.6) is 5.75 Å². The maximum absolute atomic E-state index is 13.0. The summed E-state index contributed by atoms with van der Waals surface area (Å²) in [7, 11) is 0. The molecule has 1 amide bonds. The van der Waals surface area contributed by atoms with Gasteiger partial charge in [0.25, 0.3) is 5.89 Å². The lowest BCUT2D eigenvalue weighted by atomic mass is 10.2. The Morgan fingerprint density at radius 1 is 1.16 bits per heavy atom. The molecule has 3 heterocycles. The number of phenols is 1. The van der Waals surface area contributed by atoms with Crippen LogP contribution in [0.25, 0.3) is 10.8 Å². The summed E-state index contributed by atoms with van der Waals surface area (Å²) in [5.74, 6) is 1.31. The van der Waals surface area contributed by atoms with Crippen LogP contribution in [0.4, 0.5) is 5.69 Å². The molecule has 0 radical (unpaired) electrons. The predicted molar refractivity (Wildman–Crippen MR) is 120 cm³/mol. The molecule has 31 heavy (non-hydrogen) atoms. The first kappa shape index (κ1) is 21.3. The fourth-order valence-corrected chi connectivity index (χ4v) is 4.31. The topological polar surface area (TPSA) is 85.9 Å². The maximum Gasteiger partial charge on any atom is 0.257 e. The summed E-state index contributed by atoms with van der Waals surface area (Å²) in [4.78, 5) is 20.2. The third kappa shape index (κ3) is 5.42. The molecule has 1 N–H and O–H groups in total. The Kier molecular flexibility index (Phi) is 6.83. The van der Waals surface area contributed by atoms with Gasteiger partial charge in [0.15, 0.2) is 0 Å². The van der Waals surface area contributed by atoms with Gasteiger partial charge in [-0.2, -0.15) is 0 Å². The van der Waals surface area contributed by atoms with E-state index in [0.29, 0.717) is 31.4 Å². The van der Waals surface area contributed by atoms with Crippen molar-refractivity contribution in [3.05, 3.63) is 47.7 Å². The molecule has 8 nitrogen and oxygen atoms in total. The predicted octanol–water partition coefficient (Wildman–Crippen LogP) is 3.06. The normalized spacial score (nSPS) is 14.7. The minimum Gasteiger partial charge on any atom is -0.508 e. The van der Waals surface area contributed by atoms with Crippen molar-refractivity contribution < 1.29 is 14.3 Å². The van der Waals surface area contributed by atoms with Gasteiger partial charge >= 0.3 is 0 Å². The summed E-state index contributed by atoms with van der Waals surface area (Å²) in [6.07, 6.45) is 0.867. The number of phenolic OH excluding ortho intramolecular Hbond substituents is 1. The molecule has 0 spiro atoms. The van der Waals surface area contributed by atoms with Crippen molar-refractivity contribution in [3.8, 4) is 16.5 Å². The highest BCUT2D eigenvalue weighted by molar-refractivity contribution is 7.13. The van der Waals surface area contributed by atoms with E-state index < -0.39 is 0 Å². The molecule has 1 aliphatic heterocycles. The van der Waals surface area contributed by atoms with E-state index in [1.165, 1.54) is 0 Å². The summed E-state index contributed by atoms with van der Waals surface area (Å²) in [5, 5.41) is 19.7. The lowest BCUT2D eigenvalue weighted by Gasteiger charge is -2.36. The number of benzene rings is 1. The number of amides is 1. The molecular formula is C22H27N5O3S. The van der Waals surface area contributed by atoms with Gasteiger partial charge in [0.05, 0.1) is 18.0 Å². The molecule has 1 fully saturated rings. The van der Waals surface area contributed by atoms with Gasteiger partial charge < -0.3 is 19.3 Å². The summed E-state index contributed by atoms with van der Waals surface area (Å²) in [6.45, 7) is 6.75. The zero-order valence-corrected chi connectivity index (χ0v) is 18.4. The van der Waals surface area contributed by atoms with Crippen LogP contribution in [0, 0.1) is 0 Å². The van der Waals surface area contributed by atoms with Crippen LogP contribution >= 0.6 is 11.3 Å². The second-order valence-corrected chi connectivity index (χ2v) is 8.52. The van der Waals surface area contributed by atoms with E-state index in [2.05, 4.69) is 26.9 Å². The Bertz CT molecular complexity index is 965. The van der Waals surface area contributed by atoms with Crippen LogP contribution in [-0.4, -0.2) is 70.3 Å². The molecule has 2 aromatic heterocycles. The van der Waals surface area contributed by atoms with Crippen molar-refractivity contribution in [2.75, 3.05) is 44.2 Å². The Labute approximate surface area is 185 Å². The molecule has 0 aliphatic carbocycles. The highest BCUT2D eigenvalue weighted by Crippen LogP contribution is 2.23. The molecule has 3 aromatic rings. The van der Waals surface area contributed by atoms with Crippen molar-refractivity contribution in [2.24, 2.45) is 0 Å². The Morgan fingerprint density at radius 3 is 2.61 bits per heavy atom.